The van der Waals surface area contributed by atoms with Crippen LogP contribution < -0.4 is 14.8 Å². The molecule has 0 bridgehead atoms. The van der Waals surface area contributed by atoms with E-state index in [0.29, 0.717) is 18.1 Å². The lowest BCUT2D eigenvalue weighted by atomic mass is 10.1. The van der Waals surface area contributed by atoms with Crippen LogP contribution in [-0.4, -0.2) is 37.4 Å². The maximum absolute atomic E-state index is 11.6. The van der Waals surface area contributed by atoms with Crippen molar-refractivity contribution in [1.82, 2.24) is 5.32 Å². The number of aliphatic hydroxyl groups excluding tert-OH is 1. The largest absolute Gasteiger partial charge is 0.497 e. The van der Waals surface area contributed by atoms with Crippen LogP contribution in [-0.2, 0) is 4.79 Å². The first-order valence-electron chi connectivity index (χ1n) is 6.73. The second-order valence-electron chi connectivity index (χ2n) is 5.05. The molecule has 1 rings (SSSR count). The van der Waals surface area contributed by atoms with Gasteiger partial charge in [-0.05, 0) is 36.6 Å². The van der Waals surface area contributed by atoms with E-state index in [-0.39, 0.29) is 19.1 Å². The summed E-state index contributed by atoms with van der Waals surface area (Å²) >= 11 is 0. The van der Waals surface area contributed by atoms with Gasteiger partial charge >= 0.3 is 0 Å². The molecule has 0 aliphatic rings. The molecule has 0 aliphatic carbocycles. The van der Waals surface area contributed by atoms with Gasteiger partial charge in [-0.2, -0.15) is 0 Å². The first kappa shape index (κ1) is 16.3. The Morgan fingerprint density at radius 1 is 1.25 bits per heavy atom. The number of methoxy groups -OCH3 is 1. The van der Waals surface area contributed by atoms with E-state index in [9.17, 15) is 9.90 Å². The van der Waals surface area contributed by atoms with E-state index in [0.717, 1.165) is 5.75 Å². The second-order valence-corrected chi connectivity index (χ2v) is 5.05. The summed E-state index contributed by atoms with van der Waals surface area (Å²) in [5, 5.41) is 12.3. The number of aliphatic hydroxyl groups is 1. The first-order chi connectivity index (χ1) is 9.51. The molecule has 0 radical (unpaired) electrons. The standard InChI is InChI=1S/C15H23NO4/c1-11(2)8-12(17)9-16-15(18)10-20-14-6-4-13(19-3)5-7-14/h4-7,11-12,17H,8-10H2,1-3H3,(H,16,18). The quantitative estimate of drug-likeness (QED) is 0.759. The average molecular weight is 281 g/mol. The summed E-state index contributed by atoms with van der Waals surface area (Å²) in [6, 6.07) is 7.00. The summed E-state index contributed by atoms with van der Waals surface area (Å²) < 4.78 is 10.4. The number of carbonyl (C=O) groups excluding carboxylic acids is 1. The predicted molar refractivity (Wildman–Crippen MR) is 77.0 cm³/mol. The fraction of sp³-hybridized carbons (Fsp3) is 0.533. The number of hydrogen-bond acceptors (Lipinski definition) is 4. The van der Waals surface area contributed by atoms with Crippen molar-refractivity contribution in [3.05, 3.63) is 24.3 Å². The maximum Gasteiger partial charge on any atom is 0.258 e. The van der Waals surface area contributed by atoms with Gasteiger partial charge in [-0.15, -0.1) is 0 Å². The van der Waals surface area contributed by atoms with Gasteiger partial charge in [0.05, 0.1) is 13.2 Å². The summed E-state index contributed by atoms with van der Waals surface area (Å²) in [5.74, 6) is 1.49. The molecule has 0 spiro atoms. The Labute approximate surface area is 119 Å². The third kappa shape index (κ3) is 6.43. The minimum Gasteiger partial charge on any atom is -0.497 e. The van der Waals surface area contributed by atoms with Crippen molar-refractivity contribution in [3.8, 4) is 11.5 Å². The zero-order valence-electron chi connectivity index (χ0n) is 12.3. The molecule has 0 heterocycles. The fourth-order valence-electron chi connectivity index (χ4n) is 1.73. The van der Waals surface area contributed by atoms with Crippen LogP contribution in [0, 0.1) is 5.92 Å². The minimum absolute atomic E-state index is 0.0687. The summed E-state index contributed by atoms with van der Waals surface area (Å²) in [7, 11) is 1.59. The Bertz CT molecular complexity index is 403. The number of benzene rings is 1. The van der Waals surface area contributed by atoms with E-state index in [2.05, 4.69) is 5.32 Å². The van der Waals surface area contributed by atoms with Crippen LogP contribution >= 0.6 is 0 Å². The summed E-state index contributed by atoms with van der Waals surface area (Å²) in [5.41, 5.74) is 0. The molecular weight excluding hydrogens is 258 g/mol. The van der Waals surface area contributed by atoms with Crippen molar-refractivity contribution in [1.29, 1.82) is 0 Å². The van der Waals surface area contributed by atoms with Crippen LogP contribution in [0.5, 0.6) is 11.5 Å². The topological polar surface area (TPSA) is 67.8 Å². The van der Waals surface area contributed by atoms with Gasteiger partial charge in [-0.1, -0.05) is 13.8 Å². The zero-order valence-corrected chi connectivity index (χ0v) is 12.3. The van der Waals surface area contributed by atoms with Crippen molar-refractivity contribution >= 4 is 5.91 Å². The third-order valence-electron chi connectivity index (χ3n) is 2.71. The monoisotopic (exact) mass is 281 g/mol. The van der Waals surface area contributed by atoms with Crippen molar-refractivity contribution in [2.24, 2.45) is 5.92 Å². The normalized spacial score (nSPS) is 12.1. The lowest BCUT2D eigenvalue weighted by Crippen LogP contribution is -2.35. The summed E-state index contributed by atoms with van der Waals surface area (Å²) in [6.45, 7) is 4.24. The van der Waals surface area contributed by atoms with Crippen molar-refractivity contribution in [2.75, 3.05) is 20.3 Å². The lowest BCUT2D eigenvalue weighted by molar-refractivity contribution is -0.123. The highest BCUT2D eigenvalue weighted by molar-refractivity contribution is 5.77. The molecule has 20 heavy (non-hydrogen) atoms. The highest BCUT2D eigenvalue weighted by atomic mass is 16.5. The molecule has 1 unspecified atom stereocenters. The molecule has 1 aromatic rings. The molecule has 2 N–H and O–H groups in total. The number of carbonyl (C=O) groups is 1. The SMILES string of the molecule is COc1ccc(OCC(=O)NCC(O)CC(C)C)cc1. The molecule has 112 valence electrons. The van der Waals surface area contributed by atoms with Gasteiger partial charge in [-0.25, -0.2) is 0 Å². The van der Waals surface area contributed by atoms with Gasteiger partial charge in [0.25, 0.3) is 5.91 Å². The molecule has 0 aliphatic heterocycles. The molecule has 1 aromatic carbocycles. The van der Waals surface area contributed by atoms with Gasteiger partial charge < -0.3 is 19.9 Å². The molecule has 5 heteroatoms. The molecular formula is C15H23NO4. The van der Waals surface area contributed by atoms with Gasteiger partial charge in [0.2, 0.25) is 0 Å². The van der Waals surface area contributed by atoms with Crippen molar-refractivity contribution < 1.29 is 19.4 Å². The molecule has 5 nitrogen and oxygen atoms in total. The predicted octanol–water partition coefficient (Wildman–Crippen LogP) is 1.60. The molecule has 1 atom stereocenters. The van der Waals surface area contributed by atoms with Crippen LogP contribution in [0.25, 0.3) is 0 Å². The third-order valence-corrected chi connectivity index (χ3v) is 2.71. The Morgan fingerprint density at radius 3 is 2.40 bits per heavy atom. The first-order valence-corrected chi connectivity index (χ1v) is 6.73. The number of rotatable bonds is 8. The van der Waals surface area contributed by atoms with Gasteiger partial charge in [0, 0.05) is 6.54 Å². The van der Waals surface area contributed by atoms with Crippen LogP contribution in [0.4, 0.5) is 0 Å². The van der Waals surface area contributed by atoms with Crippen LogP contribution in [0.15, 0.2) is 24.3 Å². The number of amides is 1. The lowest BCUT2D eigenvalue weighted by Gasteiger charge is -2.14. The zero-order chi connectivity index (χ0) is 15.0. The minimum atomic E-state index is -0.514. The number of hydrogen-bond donors (Lipinski definition) is 2. The number of nitrogens with one attached hydrogen (secondary N) is 1. The Balaban J connectivity index is 2.25. The summed E-state index contributed by atoms with van der Waals surface area (Å²) in [6.07, 6.45) is 0.152. The van der Waals surface area contributed by atoms with E-state index in [1.807, 2.05) is 13.8 Å². The van der Waals surface area contributed by atoms with E-state index < -0.39 is 6.10 Å². The Kier molecular flexibility index (Phi) is 6.87. The Hall–Kier alpha value is -1.75. The van der Waals surface area contributed by atoms with E-state index in [1.165, 1.54) is 0 Å². The van der Waals surface area contributed by atoms with Gasteiger partial charge in [-0.3, -0.25) is 4.79 Å². The maximum atomic E-state index is 11.6. The Morgan fingerprint density at radius 2 is 1.85 bits per heavy atom. The number of ether oxygens (including phenoxy) is 2. The second kappa shape index (κ2) is 8.43. The molecule has 0 aromatic heterocycles. The van der Waals surface area contributed by atoms with Crippen molar-refractivity contribution in [3.63, 3.8) is 0 Å². The van der Waals surface area contributed by atoms with Crippen LogP contribution in [0.3, 0.4) is 0 Å². The molecule has 0 fully saturated rings. The highest BCUT2D eigenvalue weighted by Crippen LogP contribution is 2.16. The molecule has 0 saturated heterocycles. The van der Waals surface area contributed by atoms with Crippen molar-refractivity contribution in [2.45, 2.75) is 26.4 Å². The molecule has 0 saturated carbocycles. The average Bonchev–Trinajstić information content (AvgIpc) is 2.42. The van der Waals surface area contributed by atoms with E-state index >= 15 is 0 Å². The fourth-order valence-corrected chi connectivity index (χ4v) is 1.73. The van der Waals surface area contributed by atoms with E-state index in [4.69, 9.17) is 9.47 Å². The molecule has 1 amide bonds. The van der Waals surface area contributed by atoms with Gasteiger partial charge in [0.15, 0.2) is 6.61 Å². The summed E-state index contributed by atoms with van der Waals surface area (Å²) in [4.78, 5) is 11.6. The van der Waals surface area contributed by atoms with E-state index in [1.54, 1.807) is 31.4 Å². The van der Waals surface area contributed by atoms with Crippen LogP contribution in [0.2, 0.25) is 0 Å². The highest BCUT2D eigenvalue weighted by Gasteiger charge is 2.09. The smallest absolute Gasteiger partial charge is 0.258 e. The van der Waals surface area contributed by atoms with Gasteiger partial charge in [0.1, 0.15) is 11.5 Å². The van der Waals surface area contributed by atoms with Crippen LogP contribution in [0.1, 0.15) is 20.3 Å².